The van der Waals surface area contributed by atoms with Crippen molar-refractivity contribution in [2.45, 2.75) is 32.6 Å². The number of carbonyl (C=O) groups excluding carboxylic acids is 2. The molecule has 1 aromatic carbocycles. The number of aryl methyl sites for hydroxylation is 1. The van der Waals surface area contributed by atoms with Gasteiger partial charge in [-0.1, -0.05) is 19.1 Å². The van der Waals surface area contributed by atoms with E-state index in [1.165, 1.54) is 11.1 Å². The van der Waals surface area contributed by atoms with Crippen LogP contribution in [0.1, 0.15) is 30.9 Å². The first kappa shape index (κ1) is 14.4. The lowest BCUT2D eigenvalue weighted by atomic mass is 9.99. The van der Waals surface area contributed by atoms with Crippen molar-refractivity contribution in [1.82, 2.24) is 10.6 Å². The van der Waals surface area contributed by atoms with Gasteiger partial charge < -0.3 is 16.0 Å². The summed E-state index contributed by atoms with van der Waals surface area (Å²) in [4.78, 5) is 22.7. The number of carbonyl (C=O) groups is 2. The summed E-state index contributed by atoms with van der Waals surface area (Å²) in [6.45, 7) is 3.33. The first-order valence-electron chi connectivity index (χ1n) is 7.12. The van der Waals surface area contributed by atoms with E-state index in [0.717, 1.165) is 24.9 Å². The Balaban J connectivity index is 1.82. The zero-order valence-electron chi connectivity index (χ0n) is 11.8. The van der Waals surface area contributed by atoms with Crippen LogP contribution in [-0.2, 0) is 17.6 Å². The van der Waals surface area contributed by atoms with E-state index in [9.17, 15) is 9.59 Å². The summed E-state index contributed by atoms with van der Waals surface area (Å²) in [6.07, 6.45) is 3.07. The summed E-state index contributed by atoms with van der Waals surface area (Å²) in [7, 11) is 0. The van der Waals surface area contributed by atoms with Gasteiger partial charge in [-0.15, -0.1) is 0 Å². The van der Waals surface area contributed by atoms with Crippen LogP contribution < -0.4 is 16.0 Å². The second kappa shape index (κ2) is 6.93. The number of anilines is 1. The van der Waals surface area contributed by atoms with Crippen LogP contribution in [0.15, 0.2) is 18.2 Å². The van der Waals surface area contributed by atoms with Gasteiger partial charge in [0.25, 0.3) is 0 Å². The summed E-state index contributed by atoms with van der Waals surface area (Å²) in [5.41, 5.74) is 3.27. The maximum absolute atomic E-state index is 11.4. The molecule has 1 heterocycles. The molecule has 0 saturated carbocycles. The number of hydrogen-bond acceptors (Lipinski definition) is 2. The highest BCUT2D eigenvalue weighted by molar-refractivity contribution is 5.93. The quantitative estimate of drug-likeness (QED) is 0.767. The van der Waals surface area contributed by atoms with Gasteiger partial charge in [-0.25, -0.2) is 4.79 Å². The molecule has 0 atom stereocenters. The lowest BCUT2D eigenvalue weighted by molar-refractivity contribution is -0.116. The first-order valence-corrected chi connectivity index (χ1v) is 7.12. The zero-order valence-corrected chi connectivity index (χ0v) is 11.8. The van der Waals surface area contributed by atoms with Gasteiger partial charge in [0.05, 0.1) is 0 Å². The Hall–Kier alpha value is -2.04. The molecular formula is C15H21N3O2. The molecule has 0 aromatic heterocycles. The lowest BCUT2D eigenvalue weighted by Gasteiger charge is -2.17. The van der Waals surface area contributed by atoms with Crippen LogP contribution in [0.4, 0.5) is 10.5 Å². The number of nitrogens with one attached hydrogen (secondary N) is 3. The first-order chi connectivity index (χ1) is 9.69. The Bertz CT molecular complexity index is 500. The van der Waals surface area contributed by atoms with Crippen molar-refractivity contribution in [3.63, 3.8) is 0 Å². The molecular weight excluding hydrogens is 254 g/mol. The fourth-order valence-electron chi connectivity index (χ4n) is 2.21. The van der Waals surface area contributed by atoms with Crippen molar-refractivity contribution < 1.29 is 9.59 Å². The van der Waals surface area contributed by atoms with Gasteiger partial charge in [-0.3, -0.25) is 4.79 Å². The van der Waals surface area contributed by atoms with Gasteiger partial charge >= 0.3 is 6.03 Å². The van der Waals surface area contributed by atoms with Crippen LogP contribution in [0.5, 0.6) is 0 Å². The largest absolute Gasteiger partial charge is 0.338 e. The average molecular weight is 275 g/mol. The molecule has 0 bridgehead atoms. The molecule has 1 aliphatic heterocycles. The van der Waals surface area contributed by atoms with Gasteiger partial charge in [0.1, 0.15) is 0 Å². The molecule has 1 aromatic rings. The Morgan fingerprint density at radius 3 is 2.85 bits per heavy atom. The lowest BCUT2D eigenvalue weighted by Crippen LogP contribution is -2.36. The van der Waals surface area contributed by atoms with Gasteiger partial charge in [-0.05, 0) is 36.5 Å². The van der Waals surface area contributed by atoms with E-state index < -0.39 is 0 Å². The van der Waals surface area contributed by atoms with Gasteiger partial charge in [0, 0.05) is 25.2 Å². The van der Waals surface area contributed by atoms with E-state index >= 15 is 0 Å². The van der Waals surface area contributed by atoms with Gasteiger partial charge in [-0.2, -0.15) is 0 Å². The van der Waals surface area contributed by atoms with Crippen molar-refractivity contribution >= 4 is 17.6 Å². The highest BCUT2D eigenvalue weighted by atomic mass is 16.2. The van der Waals surface area contributed by atoms with Gasteiger partial charge in [0.15, 0.2) is 0 Å². The van der Waals surface area contributed by atoms with Crippen LogP contribution in [0, 0.1) is 0 Å². The molecule has 5 nitrogen and oxygen atoms in total. The maximum Gasteiger partial charge on any atom is 0.314 e. The third-order valence-corrected chi connectivity index (χ3v) is 3.30. The van der Waals surface area contributed by atoms with Crippen LogP contribution in [-0.4, -0.2) is 25.0 Å². The molecule has 0 unspecified atom stereocenters. The second-order valence-electron chi connectivity index (χ2n) is 4.97. The van der Waals surface area contributed by atoms with E-state index in [1.807, 2.05) is 19.1 Å². The molecule has 108 valence electrons. The predicted octanol–water partition coefficient (Wildman–Crippen LogP) is 1.82. The third kappa shape index (κ3) is 3.98. The van der Waals surface area contributed by atoms with Gasteiger partial charge in [0.2, 0.25) is 5.91 Å². The Morgan fingerprint density at radius 1 is 1.25 bits per heavy atom. The molecule has 0 aliphatic carbocycles. The molecule has 0 fully saturated rings. The zero-order chi connectivity index (χ0) is 14.4. The predicted molar refractivity (Wildman–Crippen MR) is 78.8 cm³/mol. The monoisotopic (exact) mass is 275 g/mol. The minimum absolute atomic E-state index is 0.0829. The van der Waals surface area contributed by atoms with E-state index in [4.69, 9.17) is 0 Å². The molecule has 2 rings (SSSR count). The molecule has 0 saturated heterocycles. The number of hydrogen-bond donors (Lipinski definition) is 3. The fourth-order valence-corrected chi connectivity index (χ4v) is 2.21. The number of rotatable bonds is 5. The minimum Gasteiger partial charge on any atom is -0.338 e. The normalized spacial score (nSPS) is 13.3. The van der Waals surface area contributed by atoms with Crippen molar-refractivity contribution in [3.05, 3.63) is 29.3 Å². The molecule has 0 radical (unpaired) electrons. The average Bonchev–Trinajstić information content (AvgIpc) is 2.45. The Kier molecular flexibility index (Phi) is 4.98. The molecule has 20 heavy (non-hydrogen) atoms. The number of amides is 3. The summed E-state index contributed by atoms with van der Waals surface area (Å²) >= 11 is 0. The van der Waals surface area contributed by atoms with E-state index in [1.54, 1.807) is 0 Å². The molecule has 5 heteroatoms. The van der Waals surface area contributed by atoms with Crippen molar-refractivity contribution in [3.8, 4) is 0 Å². The van der Waals surface area contributed by atoms with Crippen molar-refractivity contribution in [2.75, 3.05) is 18.4 Å². The summed E-state index contributed by atoms with van der Waals surface area (Å²) in [6, 6.07) is 5.94. The van der Waals surface area contributed by atoms with E-state index in [0.29, 0.717) is 19.5 Å². The maximum atomic E-state index is 11.4. The minimum atomic E-state index is -0.114. The number of fused-ring (bicyclic) bond motifs is 1. The van der Waals surface area contributed by atoms with Crippen LogP contribution in [0.25, 0.3) is 0 Å². The third-order valence-electron chi connectivity index (χ3n) is 3.30. The molecule has 1 aliphatic rings. The fraction of sp³-hybridized carbons (Fsp3) is 0.467. The summed E-state index contributed by atoms with van der Waals surface area (Å²) in [5, 5.41) is 8.48. The summed E-state index contributed by atoms with van der Waals surface area (Å²) in [5.74, 6) is 0.0829. The number of benzene rings is 1. The molecule has 3 N–H and O–H groups in total. The molecule has 0 spiro atoms. The highest BCUT2D eigenvalue weighted by Crippen LogP contribution is 2.23. The second-order valence-corrected chi connectivity index (χ2v) is 4.97. The van der Waals surface area contributed by atoms with Crippen LogP contribution >= 0.6 is 0 Å². The standard InChI is InChI=1S/C15H21N3O2/c1-2-8-16-15(20)17-9-7-11-3-5-13-12(10-11)4-6-14(19)18-13/h3,5,10H,2,4,6-9H2,1H3,(H,18,19)(H2,16,17,20). The highest BCUT2D eigenvalue weighted by Gasteiger charge is 2.14. The Labute approximate surface area is 119 Å². The topological polar surface area (TPSA) is 70.2 Å². The Morgan fingerprint density at radius 2 is 2.05 bits per heavy atom. The van der Waals surface area contributed by atoms with E-state index in [-0.39, 0.29) is 11.9 Å². The van der Waals surface area contributed by atoms with E-state index in [2.05, 4.69) is 22.0 Å². The van der Waals surface area contributed by atoms with Crippen LogP contribution in [0.2, 0.25) is 0 Å². The van der Waals surface area contributed by atoms with Crippen LogP contribution in [0.3, 0.4) is 0 Å². The number of urea groups is 1. The van der Waals surface area contributed by atoms with Crippen molar-refractivity contribution in [1.29, 1.82) is 0 Å². The van der Waals surface area contributed by atoms with Crippen molar-refractivity contribution in [2.24, 2.45) is 0 Å². The SMILES string of the molecule is CCCNC(=O)NCCc1ccc2c(c1)CCC(=O)N2. The molecule has 3 amide bonds. The smallest absolute Gasteiger partial charge is 0.314 e. The summed E-state index contributed by atoms with van der Waals surface area (Å²) < 4.78 is 0.